The van der Waals surface area contributed by atoms with E-state index in [1.165, 1.54) is 6.07 Å². The third-order valence-electron chi connectivity index (χ3n) is 5.23. The van der Waals surface area contributed by atoms with Gasteiger partial charge in [0.1, 0.15) is 11.6 Å². The van der Waals surface area contributed by atoms with E-state index in [4.69, 9.17) is 0 Å². The van der Waals surface area contributed by atoms with E-state index >= 15 is 0 Å². The molecule has 28 heavy (non-hydrogen) atoms. The monoisotopic (exact) mass is 379 g/mol. The van der Waals surface area contributed by atoms with Crippen LogP contribution in [0.1, 0.15) is 47.4 Å². The van der Waals surface area contributed by atoms with E-state index in [9.17, 15) is 14.0 Å². The zero-order valence-electron chi connectivity index (χ0n) is 15.6. The van der Waals surface area contributed by atoms with E-state index in [0.717, 1.165) is 37.9 Å². The third kappa shape index (κ3) is 3.67. The highest BCUT2D eigenvalue weighted by molar-refractivity contribution is 5.97. The normalized spacial score (nSPS) is 14.2. The lowest BCUT2D eigenvalue weighted by molar-refractivity contribution is 0.0950. The fourth-order valence-corrected chi connectivity index (χ4v) is 3.66. The molecule has 0 radical (unpaired) electrons. The Morgan fingerprint density at radius 3 is 2.79 bits per heavy atom. The zero-order chi connectivity index (χ0) is 19.5. The van der Waals surface area contributed by atoms with Crippen LogP contribution in [0, 0.1) is 5.82 Å². The fraction of sp³-hybridized carbons (Fsp3) is 0.318. The molecule has 0 atom stereocenters. The number of nitrogens with one attached hydrogen (secondary N) is 1. The van der Waals surface area contributed by atoms with Crippen molar-refractivity contribution in [3.05, 3.63) is 75.6 Å². The zero-order valence-corrected chi connectivity index (χ0v) is 15.6. The minimum absolute atomic E-state index is 0.0415. The average molecular weight is 379 g/mol. The van der Waals surface area contributed by atoms with E-state index in [0.29, 0.717) is 28.6 Å². The first kappa shape index (κ1) is 18.3. The standard InChI is InChI=1S/C22H22FN3O2/c23-18-8-5-4-7-16(18)14-24-21(27)15-10-11-17-19(13-15)25-20-9-3-1-2-6-12-26(20)22(17)28/h4-5,7-8,10-11,13H,1-3,6,9,12,14H2,(H,24,27). The summed E-state index contributed by atoms with van der Waals surface area (Å²) in [6, 6.07) is 11.3. The maximum Gasteiger partial charge on any atom is 0.261 e. The molecule has 2 aromatic carbocycles. The fourth-order valence-electron chi connectivity index (χ4n) is 3.66. The first-order chi connectivity index (χ1) is 13.6. The molecule has 1 N–H and O–H groups in total. The van der Waals surface area contributed by atoms with Gasteiger partial charge >= 0.3 is 0 Å². The number of carbonyl (C=O) groups excluding carboxylic acids is 1. The molecule has 144 valence electrons. The van der Waals surface area contributed by atoms with Crippen LogP contribution in [0.2, 0.25) is 0 Å². The Kier molecular flexibility index (Phi) is 5.19. The summed E-state index contributed by atoms with van der Waals surface area (Å²) < 4.78 is 15.5. The molecule has 2 heterocycles. The van der Waals surface area contributed by atoms with Gasteiger partial charge in [0.25, 0.3) is 11.5 Å². The molecule has 1 aliphatic heterocycles. The van der Waals surface area contributed by atoms with Crippen molar-refractivity contribution >= 4 is 16.8 Å². The lowest BCUT2D eigenvalue weighted by Gasteiger charge is -2.16. The molecule has 0 spiro atoms. The molecule has 0 bridgehead atoms. The van der Waals surface area contributed by atoms with Gasteiger partial charge in [0.2, 0.25) is 0 Å². The van der Waals surface area contributed by atoms with Crippen molar-refractivity contribution in [2.24, 2.45) is 0 Å². The molecule has 0 saturated heterocycles. The largest absolute Gasteiger partial charge is 0.348 e. The minimum atomic E-state index is -0.352. The van der Waals surface area contributed by atoms with Gasteiger partial charge in [0, 0.05) is 30.6 Å². The van der Waals surface area contributed by atoms with Crippen molar-refractivity contribution < 1.29 is 9.18 Å². The predicted octanol–water partition coefficient (Wildman–Crippen LogP) is 3.58. The molecular weight excluding hydrogens is 357 g/mol. The highest BCUT2D eigenvalue weighted by Crippen LogP contribution is 2.16. The highest BCUT2D eigenvalue weighted by Gasteiger charge is 2.15. The molecule has 6 heteroatoms. The SMILES string of the molecule is O=C(NCc1ccccc1F)c1ccc2c(=O)n3c(nc2c1)CCCCCC3. The molecule has 0 aliphatic carbocycles. The first-order valence-corrected chi connectivity index (χ1v) is 9.68. The summed E-state index contributed by atoms with van der Waals surface area (Å²) in [5, 5.41) is 3.25. The van der Waals surface area contributed by atoms with Crippen molar-refractivity contribution in [3.63, 3.8) is 0 Å². The number of carbonyl (C=O) groups is 1. The van der Waals surface area contributed by atoms with E-state index in [1.807, 2.05) is 0 Å². The average Bonchev–Trinajstić information content (AvgIpc) is 2.68. The molecular formula is C22H22FN3O2. The number of aromatic nitrogens is 2. The summed E-state index contributed by atoms with van der Waals surface area (Å²) in [5.41, 5.74) is 1.33. The van der Waals surface area contributed by atoms with Crippen LogP contribution >= 0.6 is 0 Å². The summed E-state index contributed by atoms with van der Waals surface area (Å²) in [7, 11) is 0. The van der Waals surface area contributed by atoms with Gasteiger partial charge in [-0.15, -0.1) is 0 Å². The Labute approximate surface area is 162 Å². The van der Waals surface area contributed by atoms with Gasteiger partial charge in [-0.05, 0) is 37.1 Å². The smallest absolute Gasteiger partial charge is 0.261 e. The van der Waals surface area contributed by atoms with Crippen molar-refractivity contribution in [2.75, 3.05) is 0 Å². The summed E-state index contributed by atoms with van der Waals surface area (Å²) in [5.74, 6) is 0.120. The number of benzene rings is 2. The van der Waals surface area contributed by atoms with Crippen molar-refractivity contribution in [1.29, 1.82) is 0 Å². The van der Waals surface area contributed by atoms with Crippen LogP contribution < -0.4 is 10.9 Å². The van der Waals surface area contributed by atoms with Crippen molar-refractivity contribution in [3.8, 4) is 0 Å². The predicted molar refractivity (Wildman–Crippen MR) is 106 cm³/mol. The summed E-state index contributed by atoms with van der Waals surface area (Å²) in [6.45, 7) is 0.797. The Balaban J connectivity index is 1.62. The van der Waals surface area contributed by atoms with Crippen LogP contribution in [0.3, 0.4) is 0 Å². The molecule has 3 aromatic rings. The second-order valence-electron chi connectivity index (χ2n) is 7.16. The number of hydrogen-bond acceptors (Lipinski definition) is 3. The van der Waals surface area contributed by atoms with Gasteiger partial charge in [0.05, 0.1) is 10.9 Å². The van der Waals surface area contributed by atoms with Gasteiger partial charge in [-0.3, -0.25) is 14.2 Å². The van der Waals surface area contributed by atoms with Gasteiger partial charge in [-0.1, -0.05) is 31.0 Å². The minimum Gasteiger partial charge on any atom is -0.348 e. The van der Waals surface area contributed by atoms with E-state index in [2.05, 4.69) is 10.3 Å². The van der Waals surface area contributed by atoms with E-state index in [-0.39, 0.29) is 23.8 Å². The molecule has 0 saturated carbocycles. The van der Waals surface area contributed by atoms with Gasteiger partial charge < -0.3 is 5.32 Å². The maximum atomic E-state index is 13.7. The molecule has 5 nitrogen and oxygen atoms in total. The maximum absolute atomic E-state index is 13.7. The third-order valence-corrected chi connectivity index (χ3v) is 5.23. The van der Waals surface area contributed by atoms with Crippen LogP contribution in [0.4, 0.5) is 4.39 Å². The number of amides is 1. The van der Waals surface area contributed by atoms with E-state index in [1.54, 1.807) is 41.0 Å². The van der Waals surface area contributed by atoms with Crippen LogP contribution in [0.15, 0.2) is 47.3 Å². The Bertz CT molecular complexity index is 1090. The Morgan fingerprint density at radius 2 is 1.93 bits per heavy atom. The van der Waals surface area contributed by atoms with Crippen molar-refractivity contribution in [2.45, 2.75) is 45.2 Å². The number of rotatable bonds is 3. The number of hydrogen-bond donors (Lipinski definition) is 1. The lowest BCUT2D eigenvalue weighted by Crippen LogP contribution is -2.27. The topological polar surface area (TPSA) is 64.0 Å². The number of halogens is 1. The number of fused-ring (bicyclic) bond motifs is 2. The van der Waals surface area contributed by atoms with Gasteiger partial charge in [0.15, 0.2) is 0 Å². The summed E-state index contributed by atoms with van der Waals surface area (Å²) in [6.07, 6.45) is 5.05. The Hall–Kier alpha value is -3.02. The molecule has 1 amide bonds. The van der Waals surface area contributed by atoms with Gasteiger partial charge in [-0.2, -0.15) is 0 Å². The second kappa shape index (κ2) is 7.92. The molecule has 4 rings (SSSR count). The number of aryl methyl sites for hydroxylation is 1. The summed E-state index contributed by atoms with van der Waals surface area (Å²) >= 11 is 0. The van der Waals surface area contributed by atoms with Crippen LogP contribution in [0.5, 0.6) is 0 Å². The van der Waals surface area contributed by atoms with Crippen LogP contribution in [-0.2, 0) is 19.5 Å². The first-order valence-electron chi connectivity index (χ1n) is 9.68. The van der Waals surface area contributed by atoms with E-state index < -0.39 is 0 Å². The summed E-state index contributed by atoms with van der Waals surface area (Å²) in [4.78, 5) is 30.0. The van der Waals surface area contributed by atoms with Crippen LogP contribution in [0.25, 0.3) is 10.9 Å². The molecule has 0 fully saturated rings. The van der Waals surface area contributed by atoms with Crippen molar-refractivity contribution in [1.82, 2.24) is 14.9 Å². The Morgan fingerprint density at radius 1 is 1.11 bits per heavy atom. The second-order valence-corrected chi connectivity index (χ2v) is 7.16. The quantitative estimate of drug-likeness (QED) is 0.757. The molecule has 1 aromatic heterocycles. The van der Waals surface area contributed by atoms with Crippen LogP contribution in [-0.4, -0.2) is 15.5 Å². The molecule has 1 aliphatic rings. The molecule has 0 unspecified atom stereocenters. The number of nitrogens with zero attached hydrogens (tertiary/aromatic N) is 2. The highest BCUT2D eigenvalue weighted by atomic mass is 19.1. The van der Waals surface area contributed by atoms with Gasteiger partial charge in [-0.25, -0.2) is 9.37 Å². The lowest BCUT2D eigenvalue weighted by atomic mass is 10.1.